The average molecular weight is 297 g/mol. The van der Waals surface area contributed by atoms with E-state index in [-0.39, 0.29) is 0 Å². The molecule has 2 aliphatic heterocycles. The Labute approximate surface area is 131 Å². The molecule has 2 fully saturated rings. The molecule has 0 amide bonds. The highest BCUT2D eigenvalue weighted by Gasteiger charge is 2.27. The highest BCUT2D eigenvalue weighted by molar-refractivity contribution is 4.82. The van der Waals surface area contributed by atoms with Gasteiger partial charge in [0.2, 0.25) is 0 Å². The van der Waals surface area contributed by atoms with E-state index in [0.29, 0.717) is 6.10 Å². The summed E-state index contributed by atoms with van der Waals surface area (Å²) in [7, 11) is 2.06. The number of nitrogens with one attached hydrogen (secondary N) is 1. The summed E-state index contributed by atoms with van der Waals surface area (Å²) in [5.41, 5.74) is 0. The summed E-state index contributed by atoms with van der Waals surface area (Å²) >= 11 is 0. The molecule has 4 nitrogen and oxygen atoms in total. The lowest BCUT2D eigenvalue weighted by Gasteiger charge is -2.41. The summed E-state index contributed by atoms with van der Waals surface area (Å²) in [6, 6.07) is 0.760. The van der Waals surface area contributed by atoms with Gasteiger partial charge in [-0.1, -0.05) is 20.3 Å². The van der Waals surface area contributed by atoms with Crippen molar-refractivity contribution in [3.05, 3.63) is 0 Å². The first-order chi connectivity index (χ1) is 10.2. The van der Waals surface area contributed by atoms with Crippen molar-refractivity contribution in [1.82, 2.24) is 15.1 Å². The van der Waals surface area contributed by atoms with Crippen LogP contribution in [0.5, 0.6) is 0 Å². The summed E-state index contributed by atoms with van der Waals surface area (Å²) < 4.78 is 6.05. The van der Waals surface area contributed by atoms with Crippen LogP contribution in [0, 0.1) is 5.92 Å². The number of likely N-dealkylation sites (tertiary alicyclic amines) is 1. The van der Waals surface area contributed by atoms with E-state index in [1.807, 2.05) is 0 Å². The number of piperidine rings is 1. The van der Waals surface area contributed by atoms with E-state index < -0.39 is 0 Å². The largest absolute Gasteiger partial charge is 0.374 e. The molecule has 0 bridgehead atoms. The van der Waals surface area contributed by atoms with Crippen molar-refractivity contribution in [2.24, 2.45) is 5.92 Å². The molecule has 21 heavy (non-hydrogen) atoms. The average Bonchev–Trinajstić information content (AvgIpc) is 2.46. The van der Waals surface area contributed by atoms with Gasteiger partial charge in [0.05, 0.1) is 12.7 Å². The molecular weight excluding hydrogens is 262 g/mol. The third-order valence-corrected chi connectivity index (χ3v) is 4.76. The monoisotopic (exact) mass is 297 g/mol. The standard InChI is InChI=1S/C17H35N3O/c1-15(2)12-19-10-11-21-17(13-19)14-20-9-5-4-6-16(20)7-8-18-3/h15-18H,4-14H2,1-3H3. The molecule has 0 spiro atoms. The highest BCUT2D eigenvalue weighted by atomic mass is 16.5. The zero-order valence-corrected chi connectivity index (χ0v) is 14.3. The Bertz CT molecular complexity index is 285. The second kappa shape index (κ2) is 9.09. The molecule has 0 saturated carbocycles. The number of rotatable bonds is 7. The van der Waals surface area contributed by atoms with Crippen LogP contribution >= 0.6 is 0 Å². The smallest absolute Gasteiger partial charge is 0.0829 e. The molecular formula is C17H35N3O. The molecule has 0 aromatic rings. The van der Waals surface area contributed by atoms with E-state index in [0.717, 1.165) is 44.7 Å². The number of nitrogens with zero attached hydrogens (tertiary/aromatic N) is 2. The molecule has 0 radical (unpaired) electrons. The maximum atomic E-state index is 6.05. The van der Waals surface area contributed by atoms with Crippen LogP contribution in [0.25, 0.3) is 0 Å². The lowest BCUT2D eigenvalue weighted by atomic mass is 9.98. The summed E-state index contributed by atoms with van der Waals surface area (Å²) in [5.74, 6) is 0.752. The van der Waals surface area contributed by atoms with Gasteiger partial charge in [0, 0.05) is 32.2 Å². The fourth-order valence-electron chi connectivity index (χ4n) is 3.77. The highest BCUT2D eigenvalue weighted by Crippen LogP contribution is 2.21. The minimum atomic E-state index is 0.410. The Kier molecular flexibility index (Phi) is 7.44. The molecule has 2 atom stereocenters. The van der Waals surface area contributed by atoms with Crippen molar-refractivity contribution in [2.45, 2.75) is 51.7 Å². The van der Waals surface area contributed by atoms with E-state index in [1.165, 1.54) is 38.8 Å². The van der Waals surface area contributed by atoms with E-state index >= 15 is 0 Å². The predicted molar refractivity (Wildman–Crippen MR) is 88.8 cm³/mol. The van der Waals surface area contributed by atoms with Crippen LogP contribution in [0.3, 0.4) is 0 Å². The quantitative estimate of drug-likeness (QED) is 0.775. The first-order valence-electron chi connectivity index (χ1n) is 8.91. The normalized spacial score (nSPS) is 29.1. The van der Waals surface area contributed by atoms with Crippen LogP contribution in [-0.4, -0.2) is 74.9 Å². The van der Waals surface area contributed by atoms with Crippen LogP contribution in [0.15, 0.2) is 0 Å². The summed E-state index contributed by atoms with van der Waals surface area (Å²) in [4.78, 5) is 5.29. The Balaban J connectivity index is 1.80. The Morgan fingerprint density at radius 2 is 2.10 bits per heavy atom. The number of morpholine rings is 1. The molecule has 2 heterocycles. The van der Waals surface area contributed by atoms with Gasteiger partial charge < -0.3 is 10.1 Å². The lowest BCUT2D eigenvalue weighted by Crippen LogP contribution is -2.51. The molecule has 0 aromatic carbocycles. The summed E-state index contributed by atoms with van der Waals surface area (Å²) in [6.07, 6.45) is 5.81. The van der Waals surface area contributed by atoms with E-state index in [1.54, 1.807) is 0 Å². The fraction of sp³-hybridized carbons (Fsp3) is 1.00. The number of hydrogen-bond acceptors (Lipinski definition) is 4. The van der Waals surface area contributed by atoms with Gasteiger partial charge in [-0.15, -0.1) is 0 Å². The minimum absolute atomic E-state index is 0.410. The molecule has 0 aliphatic carbocycles. The molecule has 0 aromatic heterocycles. The summed E-state index contributed by atoms with van der Waals surface area (Å²) in [5, 5.41) is 3.30. The van der Waals surface area contributed by atoms with Gasteiger partial charge in [0.15, 0.2) is 0 Å². The van der Waals surface area contributed by atoms with Crippen LogP contribution in [0.1, 0.15) is 39.5 Å². The van der Waals surface area contributed by atoms with Crippen molar-refractivity contribution in [3.63, 3.8) is 0 Å². The maximum Gasteiger partial charge on any atom is 0.0829 e. The summed E-state index contributed by atoms with van der Waals surface area (Å²) in [6.45, 7) is 12.5. The Morgan fingerprint density at radius 1 is 1.24 bits per heavy atom. The zero-order valence-electron chi connectivity index (χ0n) is 14.3. The zero-order chi connectivity index (χ0) is 15.1. The van der Waals surface area contributed by atoms with Crippen molar-refractivity contribution in [2.75, 3.05) is 52.9 Å². The van der Waals surface area contributed by atoms with Crippen LogP contribution in [0.2, 0.25) is 0 Å². The second-order valence-corrected chi connectivity index (χ2v) is 7.18. The van der Waals surface area contributed by atoms with E-state index in [9.17, 15) is 0 Å². The topological polar surface area (TPSA) is 27.7 Å². The Morgan fingerprint density at radius 3 is 2.86 bits per heavy atom. The Hall–Kier alpha value is -0.160. The predicted octanol–water partition coefficient (Wildman–Crippen LogP) is 1.81. The fourth-order valence-corrected chi connectivity index (χ4v) is 3.77. The molecule has 2 rings (SSSR count). The van der Waals surface area contributed by atoms with Crippen LogP contribution < -0.4 is 5.32 Å². The molecule has 4 heteroatoms. The van der Waals surface area contributed by atoms with Gasteiger partial charge in [0.1, 0.15) is 0 Å². The van der Waals surface area contributed by atoms with Gasteiger partial charge in [-0.3, -0.25) is 9.80 Å². The lowest BCUT2D eigenvalue weighted by molar-refractivity contribution is -0.0549. The first kappa shape index (κ1) is 17.2. The van der Waals surface area contributed by atoms with Crippen molar-refractivity contribution in [3.8, 4) is 0 Å². The van der Waals surface area contributed by atoms with E-state index in [4.69, 9.17) is 4.74 Å². The maximum absolute atomic E-state index is 6.05. The van der Waals surface area contributed by atoms with Crippen LogP contribution in [-0.2, 0) is 4.74 Å². The molecule has 2 unspecified atom stereocenters. The second-order valence-electron chi connectivity index (χ2n) is 7.18. The van der Waals surface area contributed by atoms with Gasteiger partial charge in [0.25, 0.3) is 0 Å². The molecule has 2 aliphatic rings. The molecule has 1 N–H and O–H groups in total. The van der Waals surface area contributed by atoms with Gasteiger partial charge in [-0.25, -0.2) is 0 Å². The van der Waals surface area contributed by atoms with Gasteiger partial charge in [-0.05, 0) is 45.3 Å². The minimum Gasteiger partial charge on any atom is -0.374 e. The van der Waals surface area contributed by atoms with Crippen molar-refractivity contribution >= 4 is 0 Å². The first-order valence-corrected chi connectivity index (χ1v) is 8.91. The van der Waals surface area contributed by atoms with Crippen molar-refractivity contribution < 1.29 is 4.74 Å². The number of ether oxygens (including phenoxy) is 1. The molecule has 2 saturated heterocycles. The van der Waals surface area contributed by atoms with Gasteiger partial charge in [-0.2, -0.15) is 0 Å². The molecule has 124 valence electrons. The third-order valence-electron chi connectivity index (χ3n) is 4.76. The SMILES string of the molecule is CNCCC1CCCCN1CC1CN(CC(C)C)CCO1. The third kappa shape index (κ3) is 5.85. The number of hydrogen-bond donors (Lipinski definition) is 1. The van der Waals surface area contributed by atoms with E-state index in [2.05, 4.69) is 36.0 Å². The van der Waals surface area contributed by atoms with Gasteiger partial charge >= 0.3 is 0 Å². The van der Waals surface area contributed by atoms with Crippen LogP contribution in [0.4, 0.5) is 0 Å². The van der Waals surface area contributed by atoms with Crippen molar-refractivity contribution in [1.29, 1.82) is 0 Å².